The maximum Gasteiger partial charge on any atom is 0.102 e. The van der Waals surface area contributed by atoms with Crippen molar-refractivity contribution in [3.05, 3.63) is 12.2 Å². The van der Waals surface area contributed by atoms with Crippen LogP contribution >= 0.6 is 0 Å². The van der Waals surface area contributed by atoms with Crippen molar-refractivity contribution in [2.45, 2.75) is 26.9 Å². The second-order valence-electron chi connectivity index (χ2n) is 4.69. The average molecular weight is 186 g/mol. The summed E-state index contributed by atoms with van der Waals surface area (Å²) in [6.45, 7) is 13.0. The summed E-state index contributed by atoms with van der Waals surface area (Å²) in [6, 6.07) is 0. The fourth-order valence-electron chi connectivity index (χ4n) is 1.35. The number of nitrogens with zero attached hydrogens (tertiary/aromatic N) is 1. The van der Waals surface area contributed by atoms with Gasteiger partial charge in [0.25, 0.3) is 0 Å². The third-order valence-electron chi connectivity index (χ3n) is 1.85. The number of quaternary nitrogens is 1. The smallest absolute Gasteiger partial charge is 0.102 e. The normalized spacial score (nSPS) is 12.2. The highest BCUT2D eigenvalue weighted by molar-refractivity contribution is 4.87. The highest BCUT2D eigenvalue weighted by Gasteiger charge is 2.14. The second-order valence-corrected chi connectivity index (χ2v) is 4.69. The molecule has 0 aromatic rings. The van der Waals surface area contributed by atoms with E-state index in [2.05, 4.69) is 41.4 Å². The maximum absolute atomic E-state index is 5.51. The number of hydrogen-bond acceptors (Lipinski definition) is 1. The summed E-state index contributed by atoms with van der Waals surface area (Å²) in [4.78, 5) is 0. The largest absolute Gasteiger partial charge is 0.373 e. The fraction of sp³-hybridized carbons (Fsp3) is 0.818. The van der Waals surface area contributed by atoms with Gasteiger partial charge in [-0.2, -0.15) is 0 Å². The van der Waals surface area contributed by atoms with Crippen LogP contribution in [0.1, 0.15) is 20.8 Å². The van der Waals surface area contributed by atoms with Gasteiger partial charge in [0.2, 0.25) is 0 Å². The van der Waals surface area contributed by atoms with Gasteiger partial charge in [-0.3, -0.25) is 0 Å². The van der Waals surface area contributed by atoms with E-state index in [9.17, 15) is 0 Å². The first-order valence-electron chi connectivity index (χ1n) is 4.91. The van der Waals surface area contributed by atoms with Crippen molar-refractivity contribution in [3.63, 3.8) is 0 Å². The van der Waals surface area contributed by atoms with Crippen LogP contribution in [0.5, 0.6) is 0 Å². The Morgan fingerprint density at radius 3 is 2.31 bits per heavy atom. The molecule has 0 atom stereocenters. The minimum absolute atomic E-state index is 0.338. The van der Waals surface area contributed by atoms with Crippen LogP contribution in [0.3, 0.4) is 0 Å². The summed E-state index contributed by atoms with van der Waals surface area (Å²) in [5, 5.41) is 0. The zero-order chi connectivity index (χ0) is 10.5. The molecular weight excluding hydrogens is 162 g/mol. The Kier molecular flexibility index (Phi) is 5.26. The lowest BCUT2D eigenvalue weighted by molar-refractivity contribution is -0.886. The highest BCUT2D eigenvalue weighted by Crippen LogP contribution is 2.02. The molecule has 0 amide bonds. The van der Waals surface area contributed by atoms with Crippen LogP contribution in [0.4, 0.5) is 0 Å². The van der Waals surface area contributed by atoms with E-state index in [-0.39, 0.29) is 0 Å². The van der Waals surface area contributed by atoms with Crippen LogP contribution in [-0.4, -0.2) is 44.4 Å². The van der Waals surface area contributed by atoms with E-state index < -0.39 is 0 Å². The van der Waals surface area contributed by atoms with Gasteiger partial charge in [-0.1, -0.05) is 6.58 Å². The van der Waals surface area contributed by atoms with Crippen LogP contribution in [0.25, 0.3) is 0 Å². The SMILES string of the molecule is C=C(C)C[N+](C)(C)CCOC(C)C. The molecule has 0 aromatic carbocycles. The molecule has 0 saturated heterocycles. The predicted octanol–water partition coefficient (Wildman–Crippen LogP) is 2.06. The lowest BCUT2D eigenvalue weighted by Gasteiger charge is -2.30. The standard InChI is InChI=1S/C11H24NO/c1-10(2)9-12(5,6)7-8-13-11(3)4/h11H,1,7-9H2,2-6H3/q+1. The molecular formula is C11H24NO+. The Hall–Kier alpha value is -0.340. The zero-order valence-electron chi connectivity index (χ0n) is 9.76. The number of likely N-dealkylation sites (N-methyl/N-ethyl adjacent to an activating group) is 1. The second kappa shape index (κ2) is 5.40. The molecule has 0 aromatic heterocycles. The Labute approximate surface area is 82.8 Å². The van der Waals surface area contributed by atoms with Crippen molar-refractivity contribution < 1.29 is 9.22 Å². The summed E-state index contributed by atoms with van der Waals surface area (Å²) in [7, 11) is 4.41. The van der Waals surface area contributed by atoms with Crippen molar-refractivity contribution in [3.8, 4) is 0 Å². The number of hydrogen-bond donors (Lipinski definition) is 0. The molecule has 2 nitrogen and oxygen atoms in total. The van der Waals surface area contributed by atoms with E-state index in [0.29, 0.717) is 6.10 Å². The van der Waals surface area contributed by atoms with Gasteiger partial charge in [0.1, 0.15) is 6.54 Å². The first kappa shape index (κ1) is 12.7. The molecule has 0 unspecified atom stereocenters. The first-order valence-corrected chi connectivity index (χ1v) is 4.91. The average Bonchev–Trinajstić information content (AvgIpc) is 1.81. The van der Waals surface area contributed by atoms with Crippen molar-refractivity contribution in [2.75, 3.05) is 33.8 Å². The van der Waals surface area contributed by atoms with Gasteiger partial charge in [-0.05, 0) is 26.3 Å². The molecule has 0 aliphatic carbocycles. The van der Waals surface area contributed by atoms with Gasteiger partial charge in [-0.15, -0.1) is 0 Å². The van der Waals surface area contributed by atoms with Gasteiger partial charge in [0.15, 0.2) is 0 Å². The lowest BCUT2D eigenvalue weighted by atomic mass is 10.3. The molecule has 0 spiro atoms. The molecule has 2 heteroatoms. The maximum atomic E-state index is 5.51. The van der Waals surface area contributed by atoms with E-state index in [1.165, 1.54) is 5.57 Å². The van der Waals surface area contributed by atoms with Gasteiger partial charge in [0, 0.05) is 0 Å². The van der Waals surface area contributed by atoms with Gasteiger partial charge in [-0.25, -0.2) is 0 Å². The monoisotopic (exact) mass is 186 g/mol. The summed E-state index contributed by atoms with van der Waals surface area (Å²) in [6.07, 6.45) is 0.338. The summed E-state index contributed by atoms with van der Waals surface area (Å²) in [5.74, 6) is 0. The minimum atomic E-state index is 0.338. The van der Waals surface area contributed by atoms with E-state index in [1.54, 1.807) is 0 Å². The van der Waals surface area contributed by atoms with Crippen LogP contribution in [0.2, 0.25) is 0 Å². The molecule has 0 N–H and O–H groups in total. The molecule has 0 heterocycles. The molecule has 0 aliphatic heterocycles. The van der Waals surface area contributed by atoms with Crippen molar-refractivity contribution >= 4 is 0 Å². The third-order valence-corrected chi connectivity index (χ3v) is 1.85. The molecule has 0 fully saturated rings. The fourth-order valence-corrected chi connectivity index (χ4v) is 1.35. The summed E-state index contributed by atoms with van der Waals surface area (Å²) < 4.78 is 6.47. The summed E-state index contributed by atoms with van der Waals surface area (Å²) >= 11 is 0. The molecule has 78 valence electrons. The van der Waals surface area contributed by atoms with Crippen molar-refractivity contribution in [1.29, 1.82) is 0 Å². The Balaban J connectivity index is 3.69. The quantitative estimate of drug-likeness (QED) is 0.456. The van der Waals surface area contributed by atoms with Gasteiger partial charge in [0.05, 0.1) is 33.4 Å². The molecule has 0 radical (unpaired) electrons. The first-order chi connectivity index (χ1) is 5.83. The van der Waals surface area contributed by atoms with Crippen LogP contribution in [0.15, 0.2) is 12.2 Å². The van der Waals surface area contributed by atoms with Gasteiger partial charge < -0.3 is 9.22 Å². The van der Waals surface area contributed by atoms with Crippen LogP contribution in [-0.2, 0) is 4.74 Å². The summed E-state index contributed by atoms with van der Waals surface area (Å²) in [5.41, 5.74) is 1.23. The van der Waals surface area contributed by atoms with E-state index in [4.69, 9.17) is 4.74 Å². The Morgan fingerprint density at radius 1 is 1.38 bits per heavy atom. The van der Waals surface area contributed by atoms with Crippen molar-refractivity contribution in [2.24, 2.45) is 0 Å². The molecule has 0 saturated carbocycles. The van der Waals surface area contributed by atoms with E-state index in [0.717, 1.165) is 24.2 Å². The molecule has 0 aliphatic rings. The van der Waals surface area contributed by atoms with Gasteiger partial charge >= 0.3 is 0 Å². The van der Waals surface area contributed by atoms with E-state index in [1.807, 2.05) is 0 Å². The topological polar surface area (TPSA) is 9.23 Å². The minimum Gasteiger partial charge on any atom is -0.373 e. The molecule has 13 heavy (non-hydrogen) atoms. The zero-order valence-corrected chi connectivity index (χ0v) is 9.76. The van der Waals surface area contributed by atoms with Crippen LogP contribution < -0.4 is 0 Å². The van der Waals surface area contributed by atoms with E-state index >= 15 is 0 Å². The highest BCUT2D eigenvalue weighted by atomic mass is 16.5. The lowest BCUT2D eigenvalue weighted by Crippen LogP contribution is -2.43. The van der Waals surface area contributed by atoms with Crippen molar-refractivity contribution in [1.82, 2.24) is 0 Å². The third kappa shape index (κ3) is 8.00. The Bertz CT molecular complexity index is 161. The van der Waals surface area contributed by atoms with Crippen LogP contribution in [0, 0.1) is 0 Å². The molecule has 0 rings (SSSR count). The number of ether oxygens (including phenoxy) is 1. The number of rotatable bonds is 6. The predicted molar refractivity (Wildman–Crippen MR) is 57.7 cm³/mol. The Morgan fingerprint density at radius 2 is 1.92 bits per heavy atom. The molecule has 0 bridgehead atoms.